The summed E-state index contributed by atoms with van der Waals surface area (Å²) in [6.07, 6.45) is 0. The molecule has 0 aliphatic rings. The first-order valence-electron chi connectivity index (χ1n) is 9.28. The van der Waals surface area contributed by atoms with Gasteiger partial charge in [0.15, 0.2) is 6.61 Å². The van der Waals surface area contributed by atoms with Gasteiger partial charge in [0.2, 0.25) is 11.2 Å². The highest BCUT2D eigenvalue weighted by Crippen LogP contribution is 2.28. The number of hydrogen-bond acceptors (Lipinski definition) is 7. The van der Waals surface area contributed by atoms with Gasteiger partial charge in [0.1, 0.15) is 28.6 Å². The second kappa shape index (κ2) is 9.14. The van der Waals surface area contributed by atoms with E-state index >= 15 is 0 Å². The molecule has 7 heteroatoms. The van der Waals surface area contributed by atoms with Crippen molar-refractivity contribution in [2.45, 2.75) is 20.8 Å². The Morgan fingerprint density at radius 2 is 1.62 bits per heavy atom. The average Bonchev–Trinajstić information content (AvgIpc) is 2.71. The molecule has 0 aliphatic heterocycles. The lowest BCUT2D eigenvalue weighted by atomic mass is 10.2. The maximum Gasteiger partial charge on any atom is 0.344 e. The molecule has 0 radical (unpaired) electrons. The molecule has 0 unspecified atom stereocenters. The van der Waals surface area contributed by atoms with E-state index in [1.807, 2.05) is 6.92 Å². The maximum atomic E-state index is 12.9. The predicted octanol–water partition coefficient (Wildman–Crippen LogP) is 4.23. The number of esters is 1. The fraction of sp³-hybridized carbons (Fsp3) is 0.273. The summed E-state index contributed by atoms with van der Waals surface area (Å²) in [6.45, 7) is 5.91. The summed E-state index contributed by atoms with van der Waals surface area (Å²) in [6, 6.07) is 11.7. The van der Waals surface area contributed by atoms with Crippen molar-refractivity contribution < 1.29 is 28.2 Å². The molecule has 7 nitrogen and oxygen atoms in total. The summed E-state index contributed by atoms with van der Waals surface area (Å²) in [5.74, 6) is 1.59. The van der Waals surface area contributed by atoms with E-state index in [1.54, 1.807) is 56.3 Å². The van der Waals surface area contributed by atoms with E-state index in [1.165, 1.54) is 0 Å². The molecule has 3 aromatic rings. The summed E-state index contributed by atoms with van der Waals surface area (Å²) in [5.41, 5.74) is 0.0440. The topological polar surface area (TPSA) is 84.2 Å². The van der Waals surface area contributed by atoms with Crippen molar-refractivity contribution in [3.63, 3.8) is 0 Å². The normalized spacial score (nSPS) is 10.6. The second-order valence-corrected chi connectivity index (χ2v) is 6.07. The average molecular weight is 398 g/mol. The van der Waals surface area contributed by atoms with E-state index in [0.717, 1.165) is 5.75 Å². The van der Waals surface area contributed by atoms with Gasteiger partial charge in [-0.2, -0.15) is 0 Å². The molecule has 0 fully saturated rings. The van der Waals surface area contributed by atoms with E-state index in [4.69, 9.17) is 23.4 Å². The van der Waals surface area contributed by atoms with Gasteiger partial charge in [-0.3, -0.25) is 4.79 Å². The first-order valence-corrected chi connectivity index (χ1v) is 9.28. The Balaban J connectivity index is 1.83. The van der Waals surface area contributed by atoms with Crippen LogP contribution in [0.3, 0.4) is 0 Å². The second-order valence-electron chi connectivity index (χ2n) is 6.07. The lowest BCUT2D eigenvalue weighted by Gasteiger charge is -2.11. The highest BCUT2D eigenvalue weighted by molar-refractivity contribution is 5.80. The third-order valence-corrected chi connectivity index (χ3v) is 4.00. The van der Waals surface area contributed by atoms with Crippen LogP contribution in [-0.2, 0) is 9.53 Å². The zero-order valence-corrected chi connectivity index (χ0v) is 16.5. The SMILES string of the molecule is CCOC(=O)COc1ccc2c(=O)c(Oc3ccc(OCC)cc3)c(C)oc2c1. The van der Waals surface area contributed by atoms with Gasteiger partial charge in [-0.25, -0.2) is 4.79 Å². The number of hydrogen-bond donors (Lipinski definition) is 0. The molecule has 29 heavy (non-hydrogen) atoms. The van der Waals surface area contributed by atoms with Gasteiger partial charge >= 0.3 is 5.97 Å². The number of rotatable bonds is 8. The van der Waals surface area contributed by atoms with E-state index in [2.05, 4.69) is 0 Å². The van der Waals surface area contributed by atoms with Crippen LogP contribution in [0.4, 0.5) is 0 Å². The maximum absolute atomic E-state index is 12.9. The Hall–Kier alpha value is -3.48. The first kappa shape index (κ1) is 20.3. The Morgan fingerprint density at radius 3 is 2.31 bits per heavy atom. The summed E-state index contributed by atoms with van der Waals surface area (Å²) in [4.78, 5) is 24.3. The standard InChI is InChI=1S/C22H22O7/c1-4-25-15-6-8-16(9-7-15)29-22-14(3)28-19-12-17(10-11-18(19)21(22)24)27-13-20(23)26-5-2/h6-12H,4-5,13H2,1-3H3. The molecule has 0 bridgehead atoms. The number of benzene rings is 2. The first-order chi connectivity index (χ1) is 14.0. The molecule has 152 valence electrons. The van der Waals surface area contributed by atoms with Crippen molar-refractivity contribution in [2.24, 2.45) is 0 Å². The Labute approximate surface area is 167 Å². The highest BCUT2D eigenvalue weighted by atomic mass is 16.6. The van der Waals surface area contributed by atoms with E-state index < -0.39 is 5.97 Å². The number of carbonyl (C=O) groups excluding carboxylic acids is 1. The molecule has 0 aliphatic carbocycles. The Kier molecular flexibility index (Phi) is 6.39. The summed E-state index contributed by atoms with van der Waals surface area (Å²) < 4.78 is 27.1. The monoisotopic (exact) mass is 398 g/mol. The Bertz CT molecular complexity index is 1050. The zero-order chi connectivity index (χ0) is 20.8. The molecule has 0 saturated carbocycles. The number of aryl methyl sites for hydroxylation is 1. The summed E-state index contributed by atoms with van der Waals surface area (Å²) in [5, 5.41) is 0.347. The molecule has 3 rings (SSSR count). The summed E-state index contributed by atoms with van der Waals surface area (Å²) >= 11 is 0. The largest absolute Gasteiger partial charge is 0.494 e. The molecule has 2 aromatic carbocycles. The molecule has 1 aromatic heterocycles. The van der Waals surface area contributed by atoms with E-state index in [0.29, 0.717) is 34.8 Å². The fourth-order valence-electron chi connectivity index (χ4n) is 2.71. The minimum atomic E-state index is -0.468. The molecule has 0 atom stereocenters. The van der Waals surface area contributed by atoms with Crippen molar-refractivity contribution >= 4 is 16.9 Å². The van der Waals surface area contributed by atoms with Crippen LogP contribution in [-0.4, -0.2) is 25.8 Å². The highest BCUT2D eigenvalue weighted by Gasteiger charge is 2.15. The van der Waals surface area contributed by atoms with E-state index in [9.17, 15) is 9.59 Å². The number of ether oxygens (including phenoxy) is 4. The molecular weight excluding hydrogens is 376 g/mol. The van der Waals surface area contributed by atoms with Crippen LogP contribution in [0.2, 0.25) is 0 Å². The Morgan fingerprint density at radius 1 is 0.931 bits per heavy atom. The fourth-order valence-corrected chi connectivity index (χ4v) is 2.71. The van der Waals surface area contributed by atoms with Crippen molar-refractivity contribution in [3.05, 3.63) is 58.4 Å². The summed E-state index contributed by atoms with van der Waals surface area (Å²) in [7, 11) is 0. The van der Waals surface area contributed by atoms with Crippen LogP contribution in [0.15, 0.2) is 51.7 Å². The van der Waals surface area contributed by atoms with Gasteiger partial charge in [-0.15, -0.1) is 0 Å². The van der Waals surface area contributed by atoms with Crippen LogP contribution < -0.4 is 19.6 Å². The van der Waals surface area contributed by atoms with Crippen LogP contribution >= 0.6 is 0 Å². The number of fused-ring (bicyclic) bond motifs is 1. The van der Waals surface area contributed by atoms with Crippen molar-refractivity contribution in [3.8, 4) is 23.0 Å². The molecule has 1 heterocycles. The minimum absolute atomic E-state index is 0.113. The van der Waals surface area contributed by atoms with Gasteiger partial charge in [-0.05, 0) is 57.2 Å². The van der Waals surface area contributed by atoms with Crippen LogP contribution in [0.5, 0.6) is 23.0 Å². The van der Waals surface area contributed by atoms with Crippen molar-refractivity contribution in [2.75, 3.05) is 19.8 Å². The molecule has 0 amide bonds. The molecule has 0 N–H and O–H groups in total. The molecular formula is C22H22O7. The van der Waals surface area contributed by atoms with Crippen molar-refractivity contribution in [1.29, 1.82) is 0 Å². The third-order valence-electron chi connectivity index (χ3n) is 4.00. The van der Waals surface area contributed by atoms with Gasteiger partial charge < -0.3 is 23.4 Å². The van der Waals surface area contributed by atoms with Crippen LogP contribution in [0.25, 0.3) is 11.0 Å². The predicted molar refractivity (Wildman–Crippen MR) is 107 cm³/mol. The van der Waals surface area contributed by atoms with Crippen LogP contribution in [0, 0.1) is 6.92 Å². The van der Waals surface area contributed by atoms with Gasteiger partial charge in [-0.1, -0.05) is 0 Å². The smallest absolute Gasteiger partial charge is 0.344 e. The lowest BCUT2D eigenvalue weighted by Crippen LogP contribution is -2.14. The van der Waals surface area contributed by atoms with Gasteiger partial charge in [0.25, 0.3) is 0 Å². The van der Waals surface area contributed by atoms with Gasteiger partial charge in [0.05, 0.1) is 18.6 Å². The van der Waals surface area contributed by atoms with Crippen molar-refractivity contribution in [1.82, 2.24) is 0 Å². The minimum Gasteiger partial charge on any atom is -0.494 e. The quantitative estimate of drug-likeness (QED) is 0.525. The lowest BCUT2D eigenvalue weighted by molar-refractivity contribution is -0.145. The van der Waals surface area contributed by atoms with E-state index in [-0.39, 0.29) is 24.4 Å². The van der Waals surface area contributed by atoms with Gasteiger partial charge in [0, 0.05) is 6.07 Å². The number of carbonyl (C=O) groups is 1. The molecule has 0 saturated heterocycles. The van der Waals surface area contributed by atoms with Crippen LogP contribution in [0.1, 0.15) is 19.6 Å². The molecule has 0 spiro atoms. The zero-order valence-electron chi connectivity index (χ0n) is 16.5. The third kappa shape index (κ3) is 4.87.